The molecule has 0 fully saturated rings. The van der Waals surface area contributed by atoms with Crippen LogP contribution in [0.25, 0.3) is 0 Å². The first-order chi connectivity index (χ1) is 9.90. The molecule has 9 heteroatoms. The molecule has 0 aliphatic heterocycles. The van der Waals surface area contributed by atoms with Gasteiger partial charge >= 0.3 is 5.97 Å². The van der Waals surface area contributed by atoms with E-state index in [1.54, 1.807) is 17.0 Å². The van der Waals surface area contributed by atoms with Crippen molar-refractivity contribution in [2.45, 2.75) is 11.4 Å². The number of aromatic nitrogens is 3. The van der Waals surface area contributed by atoms with Crippen molar-refractivity contribution in [3.63, 3.8) is 0 Å². The van der Waals surface area contributed by atoms with Crippen LogP contribution in [0.4, 0.5) is 0 Å². The van der Waals surface area contributed by atoms with Crippen LogP contribution < -0.4 is 4.72 Å². The monoisotopic (exact) mass is 310 g/mol. The Balaban J connectivity index is 2.01. The average molecular weight is 310 g/mol. The van der Waals surface area contributed by atoms with E-state index in [1.807, 2.05) is 7.05 Å². The number of imidazole rings is 1. The molecule has 0 aromatic carbocycles. The molecular weight excluding hydrogens is 296 g/mol. The number of aromatic carboxylic acids is 1. The molecule has 0 radical (unpaired) electrons. The summed E-state index contributed by atoms with van der Waals surface area (Å²) in [5.74, 6) is -0.402. The maximum absolute atomic E-state index is 12.0. The quantitative estimate of drug-likeness (QED) is 0.778. The van der Waals surface area contributed by atoms with E-state index in [4.69, 9.17) is 5.11 Å². The summed E-state index contributed by atoms with van der Waals surface area (Å²) >= 11 is 0. The summed E-state index contributed by atoms with van der Waals surface area (Å²) in [7, 11) is -1.94. The van der Waals surface area contributed by atoms with E-state index < -0.39 is 16.0 Å². The Bertz CT molecular complexity index is 737. The highest BCUT2D eigenvalue weighted by Gasteiger charge is 2.16. The predicted molar refractivity (Wildman–Crippen MR) is 73.3 cm³/mol. The van der Waals surface area contributed by atoms with E-state index in [0.29, 0.717) is 6.42 Å². The highest BCUT2D eigenvalue weighted by atomic mass is 32.2. The molecule has 21 heavy (non-hydrogen) atoms. The maximum Gasteiger partial charge on any atom is 0.337 e. The van der Waals surface area contributed by atoms with Gasteiger partial charge in [-0.1, -0.05) is 0 Å². The van der Waals surface area contributed by atoms with Gasteiger partial charge in [0, 0.05) is 38.6 Å². The third-order valence-corrected chi connectivity index (χ3v) is 4.20. The molecule has 112 valence electrons. The number of rotatable bonds is 6. The fourth-order valence-electron chi connectivity index (χ4n) is 1.67. The van der Waals surface area contributed by atoms with Crippen LogP contribution in [0.3, 0.4) is 0 Å². The number of nitrogens with one attached hydrogen (secondary N) is 1. The first-order valence-electron chi connectivity index (χ1n) is 6.05. The molecule has 2 heterocycles. The minimum atomic E-state index is -3.76. The van der Waals surface area contributed by atoms with Crippen LogP contribution in [-0.4, -0.2) is 40.6 Å². The Hall–Kier alpha value is -2.26. The smallest absolute Gasteiger partial charge is 0.337 e. The Labute approximate surface area is 121 Å². The lowest BCUT2D eigenvalue weighted by molar-refractivity contribution is 0.0696. The molecule has 0 unspecified atom stereocenters. The molecule has 0 bridgehead atoms. The van der Waals surface area contributed by atoms with E-state index in [1.165, 1.54) is 6.07 Å². The highest BCUT2D eigenvalue weighted by Crippen LogP contribution is 2.06. The van der Waals surface area contributed by atoms with Crippen molar-refractivity contribution in [1.29, 1.82) is 0 Å². The minimum absolute atomic E-state index is 0.0676. The Morgan fingerprint density at radius 1 is 1.38 bits per heavy atom. The number of carbonyl (C=O) groups is 1. The lowest BCUT2D eigenvalue weighted by Crippen LogP contribution is -2.27. The van der Waals surface area contributed by atoms with Crippen molar-refractivity contribution in [2.75, 3.05) is 6.54 Å². The van der Waals surface area contributed by atoms with Gasteiger partial charge < -0.3 is 9.67 Å². The van der Waals surface area contributed by atoms with Crippen LogP contribution in [0.1, 0.15) is 16.2 Å². The molecule has 0 atom stereocenters. The van der Waals surface area contributed by atoms with Crippen LogP contribution in [0.5, 0.6) is 0 Å². The number of aryl methyl sites for hydroxylation is 1. The largest absolute Gasteiger partial charge is 0.478 e. The zero-order valence-electron chi connectivity index (χ0n) is 11.2. The van der Waals surface area contributed by atoms with Gasteiger partial charge in [0.25, 0.3) is 10.0 Å². The van der Waals surface area contributed by atoms with Crippen LogP contribution in [0.2, 0.25) is 0 Å². The van der Waals surface area contributed by atoms with Crippen LogP contribution in [0, 0.1) is 0 Å². The van der Waals surface area contributed by atoms with Crippen LogP contribution in [-0.2, 0) is 23.5 Å². The second-order valence-corrected chi connectivity index (χ2v) is 6.01. The summed E-state index contributed by atoms with van der Waals surface area (Å²) in [6, 6.07) is 2.36. The molecule has 0 saturated heterocycles. The van der Waals surface area contributed by atoms with Crippen LogP contribution in [0.15, 0.2) is 35.7 Å². The molecule has 2 aromatic heterocycles. The summed E-state index contributed by atoms with van der Waals surface area (Å²) in [5, 5.41) is 8.52. The van der Waals surface area contributed by atoms with Crippen molar-refractivity contribution in [3.05, 3.63) is 42.1 Å². The molecule has 0 spiro atoms. The number of sulfonamides is 1. The Morgan fingerprint density at radius 2 is 2.14 bits per heavy atom. The highest BCUT2D eigenvalue weighted by molar-refractivity contribution is 7.89. The molecule has 0 aliphatic rings. The van der Waals surface area contributed by atoms with Crippen LogP contribution >= 0.6 is 0 Å². The number of carboxylic acids is 1. The maximum atomic E-state index is 12.0. The summed E-state index contributed by atoms with van der Waals surface area (Å²) in [5.41, 5.74) is -0.0676. The van der Waals surface area contributed by atoms with Gasteiger partial charge in [0.15, 0.2) is 5.03 Å². The molecular formula is C12H14N4O4S. The van der Waals surface area contributed by atoms with E-state index in [2.05, 4.69) is 14.7 Å². The molecule has 2 aromatic rings. The van der Waals surface area contributed by atoms with Gasteiger partial charge in [-0.15, -0.1) is 0 Å². The molecule has 8 nitrogen and oxygen atoms in total. The van der Waals surface area contributed by atoms with Crippen molar-refractivity contribution in [3.8, 4) is 0 Å². The fourth-order valence-corrected chi connectivity index (χ4v) is 2.63. The van der Waals surface area contributed by atoms with E-state index in [0.717, 1.165) is 18.1 Å². The molecule has 0 saturated carbocycles. The molecule has 0 amide bonds. The Morgan fingerprint density at radius 3 is 2.67 bits per heavy atom. The summed E-state index contributed by atoms with van der Waals surface area (Å²) in [4.78, 5) is 18.4. The fraction of sp³-hybridized carbons (Fsp3) is 0.250. The topological polar surface area (TPSA) is 114 Å². The van der Waals surface area contributed by atoms with Gasteiger partial charge in [0.05, 0.1) is 5.56 Å². The average Bonchev–Trinajstić information content (AvgIpc) is 2.84. The number of hydrogen-bond acceptors (Lipinski definition) is 5. The third-order valence-electron chi connectivity index (χ3n) is 2.82. The molecule has 0 aliphatic carbocycles. The lowest BCUT2D eigenvalue weighted by atomic mass is 10.3. The number of pyridine rings is 1. The zero-order valence-corrected chi connectivity index (χ0v) is 12.0. The van der Waals surface area contributed by atoms with Gasteiger partial charge in [0.1, 0.15) is 5.82 Å². The van der Waals surface area contributed by atoms with Gasteiger partial charge in [-0.2, -0.15) is 0 Å². The predicted octanol–water partition coefficient (Wildman–Crippen LogP) is 0.0343. The van der Waals surface area contributed by atoms with Crippen molar-refractivity contribution >= 4 is 16.0 Å². The molecule has 2 rings (SSSR count). The van der Waals surface area contributed by atoms with Crippen molar-refractivity contribution in [2.24, 2.45) is 7.05 Å². The first kappa shape index (κ1) is 15.1. The summed E-state index contributed by atoms with van der Waals surface area (Å²) in [6.07, 6.45) is 4.86. The van der Waals surface area contributed by atoms with E-state index >= 15 is 0 Å². The number of carboxylic acid groups (broad SMARTS) is 1. The third kappa shape index (κ3) is 3.64. The Kier molecular flexibility index (Phi) is 4.34. The van der Waals surface area contributed by atoms with Gasteiger partial charge in [-0.25, -0.2) is 27.9 Å². The van der Waals surface area contributed by atoms with E-state index in [9.17, 15) is 13.2 Å². The van der Waals surface area contributed by atoms with Gasteiger partial charge in [-0.05, 0) is 12.1 Å². The van der Waals surface area contributed by atoms with Crippen molar-refractivity contribution < 1.29 is 18.3 Å². The number of nitrogens with zero attached hydrogens (tertiary/aromatic N) is 3. The summed E-state index contributed by atoms with van der Waals surface area (Å²) in [6.45, 7) is 0.176. The zero-order chi connectivity index (χ0) is 15.5. The first-order valence-corrected chi connectivity index (χ1v) is 7.53. The second-order valence-electron chi connectivity index (χ2n) is 4.29. The normalized spacial score (nSPS) is 11.5. The second kappa shape index (κ2) is 6.02. The lowest BCUT2D eigenvalue weighted by Gasteiger charge is -2.06. The SMILES string of the molecule is Cn1ccnc1CCNS(=O)(=O)c1ccc(C(=O)O)cn1. The standard InChI is InChI=1S/C12H14N4O4S/c1-16-7-6-13-10(16)4-5-15-21(19,20)11-3-2-9(8-14-11)12(17)18/h2-3,6-8,15H,4-5H2,1H3,(H,17,18). The van der Waals surface area contributed by atoms with Crippen molar-refractivity contribution in [1.82, 2.24) is 19.3 Å². The minimum Gasteiger partial charge on any atom is -0.478 e. The summed E-state index contributed by atoms with van der Waals surface area (Å²) < 4.78 is 28.2. The van der Waals surface area contributed by atoms with Gasteiger partial charge in [0.2, 0.25) is 0 Å². The van der Waals surface area contributed by atoms with Gasteiger partial charge in [-0.3, -0.25) is 0 Å². The van der Waals surface area contributed by atoms with E-state index in [-0.39, 0.29) is 17.1 Å². The number of hydrogen-bond donors (Lipinski definition) is 2. The molecule has 2 N–H and O–H groups in total.